The van der Waals surface area contributed by atoms with Gasteiger partial charge < -0.3 is 5.32 Å². The summed E-state index contributed by atoms with van der Waals surface area (Å²) in [4.78, 5) is 5.59. The summed E-state index contributed by atoms with van der Waals surface area (Å²) < 4.78 is 6.11. The number of aryl methyl sites for hydroxylation is 1. The first-order chi connectivity index (χ1) is 9.97. The third kappa shape index (κ3) is 3.65. The normalized spacial score (nSPS) is 13.6. The Morgan fingerprint density at radius 1 is 1.33 bits per heavy atom. The van der Waals surface area contributed by atoms with Crippen molar-refractivity contribution in [2.45, 2.75) is 59.0 Å². The maximum Gasteiger partial charge on any atom is 0.138 e. The Morgan fingerprint density at radius 3 is 2.71 bits per heavy atom. The molecule has 7 heteroatoms. The van der Waals surface area contributed by atoms with Crippen molar-refractivity contribution in [2.24, 2.45) is 0 Å². The van der Waals surface area contributed by atoms with Gasteiger partial charge in [0.05, 0.1) is 16.6 Å². The topological polar surface area (TPSA) is 68.5 Å². The average Bonchev–Trinajstić information content (AvgIpc) is 3.06. The summed E-state index contributed by atoms with van der Waals surface area (Å²) in [6.07, 6.45) is 2.42. The van der Waals surface area contributed by atoms with E-state index < -0.39 is 0 Å². The molecular formula is C14H24N6S. The minimum atomic E-state index is -0.00552. The Kier molecular flexibility index (Phi) is 5.05. The first-order valence-electron chi connectivity index (χ1n) is 7.40. The maximum absolute atomic E-state index is 4.39. The van der Waals surface area contributed by atoms with Crippen LogP contribution in [-0.2, 0) is 18.4 Å². The number of hydrogen-bond donors (Lipinski definition) is 1. The minimum Gasteiger partial charge on any atom is -0.309 e. The summed E-state index contributed by atoms with van der Waals surface area (Å²) in [5, 5.41) is 12.1. The van der Waals surface area contributed by atoms with E-state index in [1.54, 1.807) is 6.33 Å². The third-order valence-corrected chi connectivity index (χ3v) is 4.21. The molecule has 0 fully saturated rings. The molecule has 6 nitrogen and oxygen atoms in total. The van der Waals surface area contributed by atoms with E-state index in [2.05, 4.69) is 59.6 Å². The van der Waals surface area contributed by atoms with Gasteiger partial charge in [-0.1, -0.05) is 32.2 Å². The van der Waals surface area contributed by atoms with Crippen LogP contribution in [0.2, 0.25) is 0 Å². The molecule has 0 bridgehead atoms. The SMILES string of the molecule is CCNC(Cc1ncnn1CC)c1snnc1C(C)(C)C. The van der Waals surface area contributed by atoms with E-state index in [0.717, 1.165) is 31.0 Å². The average molecular weight is 308 g/mol. The fraction of sp³-hybridized carbons (Fsp3) is 0.714. The maximum atomic E-state index is 4.39. The molecule has 1 atom stereocenters. The quantitative estimate of drug-likeness (QED) is 0.887. The second-order valence-corrected chi connectivity index (χ2v) is 6.83. The Morgan fingerprint density at radius 2 is 2.10 bits per heavy atom. The van der Waals surface area contributed by atoms with Crippen molar-refractivity contribution in [2.75, 3.05) is 6.54 Å². The zero-order chi connectivity index (χ0) is 15.5. The standard InChI is InChI=1S/C14H24N6S/c1-6-15-10(8-11-16-9-17-20(11)7-2)12-13(14(3,4)5)18-19-21-12/h9-10,15H,6-8H2,1-5H3. The van der Waals surface area contributed by atoms with Gasteiger partial charge in [-0.3, -0.25) is 4.68 Å². The van der Waals surface area contributed by atoms with Gasteiger partial charge in [0.2, 0.25) is 0 Å². The van der Waals surface area contributed by atoms with Crippen molar-refractivity contribution in [3.8, 4) is 0 Å². The van der Waals surface area contributed by atoms with Gasteiger partial charge in [0.15, 0.2) is 0 Å². The van der Waals surface area contributed by atoms with Crippen molar-refractivity contribution in [1.82, 2.24) is 29.7 Å². The van der Waals surface area contributed by atoms with Gasteiger partial charge >= 0.3 is 0 Å². The Labute approximate surface area is 130 Å². The van der Waals surface area contributed by atoms with Crippen LogP contribution in [0.15, 0.2) is 6.33 Å². The van der Waals surface area contributed by atoms with Crippen LogP contribution in [0.3, 0.4) is 0 Å². The molecule has 2 rings (SSSR count). The summed E-state index contributed by atoms with van der Waals surface area (Å²) >= 11 is 1.48. The highest BCUT2D eigenvalue weighted by atomic mass is 32.1. The molecule has 1 unspecified atom stereocenters. The number of likely N-dealkylation sites (N-methyl/N-ethyl adjacent to an activating group) is 1. The smallest absolute Gasteiger partial charge is 0.138 e. The lowest BCUT2D eigenvalue weighted by atomic mass is 9.89. The molecule has 0 saturated heterocycles. The molecule has 2 heterocycles. The predicted octanol–water partition coefficient (Wildman–Crippen LogP) is 2.34. The molecule has 0 amide bonds. The first-order valence-corrected chi connectivity index (χ1v) is 8.17. The largest absolute Gasteiger partial charge is 0.309 e. The highest BCUT2D eigenvalue weighted by Gasteiger charge is 2.27. The van der Waals surface area contributed by atoms with E-state index in [1.807, 2.05) is 4.68 Å². The Hall–Kier alpha value is -1.34. The lowest BCUT2D eigenvalue weighted by molar-refractivity contribution is 0.493. The molecule has 0 saturated carbocycles. The minimum absolute atomic E-state index is 0.00552. The fourth-order valence-corrected chi connectivity index (χ4v) is 3.28. The van der Waals surface area contributed by atoms with Crippen LogP contribution in [0, 0.1) is 0 Å². The molecule has 0 aliphatic rings. The van der Waals surface area contributed by atoms with Crippen LogP contribution in [0.1, 0.15) is 57.1 Å². The lowest BCUT2D eigenvalue weighted by Gasteiger charge is -2.22. The molecule has 0 aliphatic carbocycles. The second-order valence-electron chi connectivity index (χ2n) is 6.04. The molecule has 0 aromatic carbocycles. The van der Waals surface area contributed by atoms with Gasteiger partial charge in [-0.15, -0.1) is 5.10 Å². The van der Waals surface area contributed by atoms with Gasteiger partial charge in [0.25, 0.3) is 0 Å². The molecule has 21 heavy (non-hydrogen) atoms. The summed E-state index contributed by atoms with van der Waals surface area (Å²) in [5.41, 5.74) is 1.06. The van der Waals surface area contributed by atoms with Crippen molar-refractivity contribution >= 4 is 11.5 Å². The molecule has 2 aromatic rings. The monoisotopic (exact) mass is 308 g/mol. The van der Waals surface area contributed by atoms with Gasteiger partial charge in [-0.25, -0.2) is 4.98 Å². The van der Waals surface area contributed by atoms with Crippen LogP contribution in [0.4, 0.5) is 0 Å². The Bertz CT molecular complexity index is 568. The van der Waals surface area contributed by atoms with E-state index in [0.29, 0.717) is 0 Å². The van der Waals surface area contributed by atoms with Crippen molar-refractivity contribution in [3.05, 3.63) is 22.7 Å². The number of rotatable bonds is 6. The summed E-state index contributed by atoms with van der Waals surface area (Å²) in [6.45, 7) is 12.4. The van der Waals surface area contributed by atoms with E-state index in [9.17, 15) is 0 Å². The first kappa shape index (κ1) is 16.0. The van der Waals surface area contributed by atoms with Gasteiger partial charge in [-0.2, -0.15) is 5.10 Å². The van der Waals surface area contributed by atoms with E-state index in [-0.39, 0.29) is 11.5 Å². The zero-order valence-electron chi connectivity index (χ0n) is 13.4. The van der Waals surface area contributed by atoms with Crippen LogP contribution < -0.4 is 5.32 Å². The lowest BCUT2D eigenvalue weighted by Crippen LogP contribution is -2.27. The second kappa shape index (κ2) is 6.62. The molecule has 0 spiro atoms. The summed E-state index contributed by atoms with van der Waals surface area (Å²) in [7, 11) is 0. The number of aromatic nitrogens is 5. The molecule has 0 radical (unpaired) electrons. The van der Waals surface area contributed by atoms with Crippen LogP contribution in [-0.4, -0.2) is 30.9 Å². The van der Waals surface area contributed by atoms with Crippen molar-refractivity contribution < 1.29 is 0 Å². The van der Waals surface area contributed by atoms with Gasteiger partial charge in [0, 0.05) is 18.4 Å². The molecule has 0 aliphatic heterocycles. The molecular weight excluding hydrogens is 284 g/mol. The highest BCUT2D eigenvalue weighted by Crippen LogP contribution is 2.31. The predicted molar refractivity (Wildman–Crippen MR) is 84.4 cm³/mol. The van der Waals surface area contributed by atoms with Gasteiger partial charge in [-0.05, 0) is 25.0 Å². The summed E-state index contributed by atoms with van der Waals surface area (Å²) in [6, 6.07) is 0.179. The van der Waals surface area contributed by atoms with Crippen molar-refractivity contribution in [3.63, 3.8) is 0 Å². The molecule has 116 valence electrons. The number of nitrogens with zero attached hydrogens (tertiary/aromatic N) is 5. The van der Waals surface area contributed by atoms with E-state index >= 15 is 0 Å². The summed E-state index contributed by atoms with van der Waals surface area (Å²) in [5.74, 6) is 0.997. The van der Waals surface area contributed by atoms with Crippen LogP contribution in [0.25, 0.3) is 0 Å². The van der Waals surface area contributed by atoms with E-state index in [1.165, 1.54) is 16.4 Å². The molecule has 1 N–H and O–H groups in total. The number of hydrogen-bond acceptors (Lipinski definition) is 6. The van der Waals surface area contributed by atoms with Crippen LogP contribution >= 0.6 is 11.5 Å². The molecule has 2 aromatic heterocycles. The van der Waals surface area contributed by atoms with Crippen LogP contribution in [0.5, 0.6) is 0 Å². The van der Waals surface area contributed by atoms with Gasteiger partial charge in [0.1, 0.15) is 12.2 Å². The highest BCUT2D eigenvalue weighted by molar-refractivity contribution is 7.05. The number of nitrogens with one attached hydrogen (secondary N) is 1. The zero-order valence-corrected chi connectivity index (χ0v) is 14.2. The Balaban J connectivity index is 2.30. The van der Waals surface area contributed by atoms with E-state index in [4.69, 9.17) is 0 Å². The van der Waals surface area contributed by atoms with Crippen molar-refractivity contribution in [1.29, 1.82) is 0 Å². The fourth-order valence-electron chi connectivity index (χ4n) is 2.34. The third-order valence-electron chi connectivity index (χ3n) is 3.37.